The number of aromatic nitrogens is 3. The van der Waals surface area contributed by atoms with Crippen molar-refractivity contribution in [3.8, 4) is 16.6 Å². The lowest BCUT2D eigenvalue weighted by molar-refractivity contribution is 0.350. The normalized spacial score (nSPS) is 10.9. The van der Waals surface area contributed by atoms with Gasteiger partial charge in [0.05, 0.1) is 14.2 Å². The van der Waals surface area contributed by atoms with E-state index in [4.69, 9.17) is 9.47 Å². The van der Waals surface area contributed by atoms with Gasteiger partial charge in [0.15, 0.2) is 11.5 Å². The number of benzene rings is 1. The van der Waals surface area contributed by atoms with E-state index < -0.39 is 0 Å². The van der Waals surface area contributed by atoms with Gasteiger partial charge in [-0.05, 0) is 32.0 Å². The number of nitrogens with zero attached hydrogens (tertiary/aromatic N) is 4. The lowest BCUT2D eigenvalue weighted by Gasteiger charge is -2.15. The molecule has 3 rings (SSSR count). The molecule has 0 saturated carbocycles. The predicted octanol–water partition coefficient (Wildman–Crippen LogP) is 3.48. The van der Waals surface area contributed by atoms with Crippen molar-refractivity contribution in [2.75, 3.05) is 32.2 Å². The molecule has 8 heteroatoms. The Kier molecular flexibility index (Phi) is 6.89. The molecule has 0 spiro atoms. The van der Waals surface area contributed by atoms with Crippen molar-refractivity contribution in [2.24, 2.45) is 0 Å². The molecule has 0 unspecified atom stereocenters. The summed E-state index contributed by atoms with van der Waals surface area (Å²) in [6.45, 7) is 7.48. The van der Waals surface area contributed by atoms with Crippen LogP contribution in [0.4, 0.5) is 5.13 Å². The first-order valence-corrected chi connectivity index (χ1v) is 10.2. The first-order chi connectivity index (χ1) is 13.7. The van der Waals surface area contributed by atoms with Gasteiger partial charge in [0, 0.05) is 43.6 Å². The van der Waals surface area contributed by atoms with Gasteiger partial charge in [-0.3, -0.25) is 4.57 Å². The third kappa shape index (κ3) is 4.28. The van der Waals surface area contributed by atoms with E-state index in [9.17, 15) is 0 Å². The van der Waals surface area contributed by atoms with Crippen LogP contribution in [0.3, 0.4) is 0 Å². The van der Waals surface area contributed by atoms with Crippen LogP contribution in [0, 0.1) is 0 Å². The van der Waals surface area contributed by atoms with E-state index in [-0.39, 0.29) is 0 Å². The number of anilines is 1. The van der Waals surface area contributed by atoms with Gasteiger partial charge in [0.1, 0.15) is 0 Å². The second-order valence-electron chi connectivity index (χ2n) is 6.17. The minimum atomic E-state index is 0.673. The predicted molar refractivity (Wildman–Crippen MR) is 113 cm³/mol. The zero-order valence-corrected chi connectivity index (χ0v) is 17.6. The zero-order chi connectivity index (χ0) is 19.9. The van der Waals surface area contributed by atoms with Gasteiger partial charge in [-0.1, -0.05) is 23.5 Å². The number of ether oxygens (including phenoxy) is 2. The summed E-state index contributed by atoms with van der Waals surface area (Å²) in [5, 5.41) is 14.0. The van der Waals surface area contributed by atoms with E-state index in [1.54, 1.807) is 25.6 Å². The van der Waals surface area contributed by atoms with Crippen LogP contribution in [0.15, 0.2) is 36.5 Å². The number of methoxy groups -OCH3 is 2. The SMILES string of the molecule is CCN(CC)c1nnc(-n2cccc2CNCc2cccc(OC)c2OC)s1. The smallest absolute Gasteiger partial charge is 0.218 e. The first kappa shape index (κ1) is 20.2. The van der Waals surface area contributed by atoms with Crippen molar-refractivity contribution in [1.82, 2.24) is 20.1 Å². The van der Waals surface area contributed by atoms with Gasteiger partial charge in [-0.25, -0.2) is 0 Å². The van der Waals surface area contributed by atoms with Crippen molar-refractivity contribution < 1.29 is 9.47 Å². The van der Waals surface area contributed by atoms with Crippen molar-refractivity contribution in [1.29, 1.82) is 0 Å². The molecule has 3 aromatic rings. The molecule has 0 amide bonds. The Hall–Kier alpha value is -2.58. The summed E-state index contributed by atoms with van der Waals surface area (Å²) in [5.41, 5.74) is 2.18. The maximum Gasteiger partial charge on any atom is 0.218 e. The lowest BCUT2D eigenvalue weighted by atomic mass is 10.2. The summed E-state index contributed by atoms with van der Waals surface area (Å²) in [6.07, 6.45) is 2.02. The molecule has 28 heavy (non-hydrogen) atoms. The largest absolute Gasteiger partial charge is 0.493 e. The molecule has 1 aromatic carbocycles. The number of hydrogen-bond donors (Lipinski definition) is 1. The minimum Gasteiger partial charge on any atom is -0.493 e. The van der Waals surface area contributed by atoms with Gasteiger partial charge in [0.2, 0.25) is 10.3 Å². The lowest BCUT2D eigenvalue weighted by Crippen LogP contribution is -2.21. The van der Waals surface area contributed by atoms with Crippen LogP contribution in [-0.4, -0.2) is 42.1 Å². The molecule has 0 aliphatic heterocycles. The Bertz CT molecular complexity index is 888. The molecule has 2 heterocycles. The fourth-order valence-corrected chi connectivity index (χ4v) is 4.08. The van der Waals surface area contributed by atoms with Gasteiger partial charge >= 0.3 is 0 Å². The molecule has 0 aliphatic rings. The van der Waals surface area contributed by atoms with E-state index >= 15 is 0 Å². The Morgan fingerprint density at radius 1 is 1.04 bits per heavy atom. The van der Waals surface area contributed by atoms with Crippen LogP contribution in [-0.2, 0) is 13.1 Å². The highest BCUT2D eigenvalue weighted by Gasteiger charge is 2.13. The van der Waals surface area contributed by atoms with Crippen molar-refractivity contribution in [2.45, 2.75) is 26.9 Å². The van der Waals surface area contributed by atoms with Crippen LogP contribution < -0.4 is 19.7 Å². The highest BCUT2D eigenvalue weighted by Crippen LogP contribution is 2.30. The standard InChI is InChI=1S/C20H27N5O2S/c1-5-24(6-2)19-22-23-20(28-19)25-12-8-10-16(25)14-21-13-15-9-7-11-17(26-3)18(15)27-4/h7-12,21H,5-6,13-14H2,1-4H3. The van der Waals surface area contributed by atoms with E-state index in [0.29, 0.717) is 13.1 Å². The summed E-state index contributed by atoms with van der Waals surface area (Å²) >= 11 is 1.61. The quantitative estimate of drug-likeness (QED) is 0.561. The van der Waals surface area contributed by atoms with Crippen molar-refractivity contribution in [3.05, 3.63) is 47.8 Å². The summed E-state index contributed by atoms with van der Waals surface area (Å²) in [7, 11) is 3.31. The average Bonchev–Trinajstić information content (AvgIpc) is 3.38. The van der Waals surface area contributed by atoms with Crippen LogP contribution in [0.25, 0.3) is 5.13 Å². The Morgan fingerprint density at radius 2 is 1.86 bits per heavy atom. The second kappa shape index (κ2) is 9.57. The molecule has 0 fully saturated rings. The molecule has 0 aliphatic carbocycles. The van der Waals surface area contributed by atoms with Crippen molar-refractivity contribution >= 4 is 16.5 Å². The van der Waals surface area contributed by atoms with Gasteiger partial charge in [-0.2, -0.15) is 0 Å². The van der Waals surface area contributed by atoms with Crippen LogP contribution >= 0.6 is 11.3 Å². The summed E-state index contributed by atoms with van der Waals surface area (Å²) in [5.74, 6) is 1.50. The number of rotatable bonds is 10. The molecule has 0 saturated heterocycles. The molecular weight excluding hydrogens is 374 g/mol. The molecule has 0 atom stereocenters. The molecular formula is C20H27N5O2S. The van der Waals surface area contributed by atoms with Crippen LogP contribution in [0.5, 0.6) is 11.5 Å². The molecule has 150 valence electrons. The minimum absolute atomic E-state index is 0.673. The van der Waals surface area contributed by atoms with Gasteiger partial charge in [-0.15, -0.1) is 10.2 Å². The summed E-state index contributed by atoms with van der Waals surface area (Å²) < 4.78 is 13.0. The fourth-order valence-electron chi connectivity index (χ4n) is 3.09. The second-order valence-corrected chi connectivity index (χ2v) is 7.10. The molecule has 0 bridgehead atoms. The first-order valence-electron chi connectivity index (χ1n) is 9.37. The molecule has 1 N–H and O–H groups in total. The van der Waals surface area contributed by atoms with E-state index in [1.165, 1.54) is 0 Å². The van der Waals surface area contributed by atoms with E-state index in [2.05, 4.69) is 44.9 Å². The average molecular weight is 402 g/mol. The third-order valence-electron chi connectivity index (χ3n) is 4.58. The molecule has 7 nitrogen and oxygen atoms in total. The Labute approximate surface area is 169 Å². The number of nitrogens with one attached hydrogen (secondary N) is 1. The Balaban J connectivity index is 1.69. The van der Waals surface area contributed by atoms with Gasteiger partial charge < -0.3 is 19.7 Å². The molecule has 2 aromatic heterocycles. The number of hydrogen-bond acceptors (Lipinski definition) is 7. The Morgan fingerprint density at radius 3 is 2.57 bits per heavy atom. The molecule has 0 radical (unpaired) electrons. The van der Waals surface area contributed by atoms with E-state index in [0.717, 1.165) is 46.1 Å². The monoisotopic (exact) mass is 401 g/mol. The summed E-state index contributed by atoms with van der Waals surface area (Å²) in [4.78, 5) is 2.21. The van der Waals surface area contributed by atoms with Crippen LogP contribution in [0.1, 0.15) is 25.1 Å². The third-order valence-corrected chi connectivity index (χ3v) is 5.57. The highest BCUT2D eigenvalue weighted by atomic mass is 32.1. The zero-order valence-electron chi connectivity index (χ0n) is 16.8. The fraction of sp³-hybridized carbons (Fsp3) is 0.400. The number of para-hydroxylation sites is 1. The maximum absolute atomic E-state index is 5.50. The summed E-state index contributed by atoms with van der Waals surface area (Å²) in [6, 6.07) is 10.0. The van der Waals surface area contributed by atoms with Crippen LogP contribution in [0.2, 0.25) is 0 Å². The van der Waals surface area contributed by atoms with E-state index in [1.807, 2.05) is 30.5 Å². The highest BCUT2D eigenvalue weighted by molar-refractivity contribution is 7.17. The maximum atomic E-state index is 5.50. The van der Waals surface area contributed by atoms with Gasteiger partial charge in [0.25, 0.3) is 0 Å². The topological polar surface area (TPSA) is 64.4 Å². The van der Waals surface area contributed by atoms with Crippen molar-refractivity contribution in [3.63, 3.8) is 0 Å².